The number of benzene rings is 1. The molecule has 0 saturated heterocycles. The zero-order valence-corrected chi connectivity index (χ0v) is 12.0. The Balaban J connectivity index is 1.99. The molecule has 0 aliphatic rings. The van der Waals surface area contributed by atoms with E-state index in [0.29, 0.717) is 22.6 Å². The van der Waals surface area contributed by atoms with E-state index in [2.05, 4.69) is 15.0 Å². The fraction of sp³-hybridized carbons (Fsp3) is 0.133. The van der Waals surface area contributed by atoms with E-state index in [1.807, 2.05) is 0 Å². The molecular weight excluding hydrogens is 291 g/mol. The van der Waals surface area contributed by atoms with Gasteiger partial charge >= 0.3 is 0 Å². The molecular formula is C15H12ClFN4. The maximum absolute atomic E-state index is 14.6. The van der Waals surface area contributed by atoms with Crippen LogP contribution >= 0.6 is 11.6 Å². The third-order valence-electron chi connectivity index (χ3n) is 3.20. The van der Waals surface area contributed by atoms with Gasteiger partial charge in [0, 0.05) is 31.0 Å². The van der Waals surface area contributed by atoms with E-state index in [1.165, 1.54) is 6.20 Å². The van der Waals surface area contributed by atoms with Gasteiger partial charge in [0.15, 0.2) is 5.82 Å². The van der Waals surface area contributed by atoms with Gasteiger partial charge in [0.2, 0.25) is 0 Å². The molecule has 6 heteroatoms. The summed E-state index contributed by atoms with van der Waals surface area (Å²) < 4.78 is 14.6. The Kier molecular flexibility index (Phi) is 3.66. The van der Waals surface area contributed by atoms with Gasteiger partial charge in [-0.3, -0.25) is 15.0 Å². The molecule has 0 aliphatic heterocycles. The number of halogens is 2. The summed E-state index contributed by atoms with van der Waals surface area (Å²) in [5.74, 6) is -0.388. The van der Waals surface area contributed by atoms with E-state index in [-0.39, 0.29) is 11.3 Å². The first-order valence-corrected chi connectivity index (χ1v) is 6.73. The van der Waals surface area contributed by atoms with Crippen molar-refractivity contribution >= 4 is 28.2 Å². The molecule has 2 aromatic heterocycles. The molecule has 21 heavy (non-hydrogen) atoms. The Hall–Kier alpha value is -2.27. The van der Waals surface area contributed by atoms with Crippen LogP contribution in [0.5, 0.6) is 0 Å². The molecule has 4 nitrogen and oxygen atoms in total. The van der Waals surface area contributed by atoms with E-state index in [1.54, 1.807) is 48.7 Å². The van der Waals surface area contributed by atoms with Crippen molar-refractivity contribution in [1.82, 2.24) is 15.0 Å². The fourth-order valence-corrected chi connectivity index (χ4v) is 2.38. The highest BCUT2D eigenvalue weighted by atomic mass is 35.5. The predicted molar refractivity (Wildman–Crippen MR) is 80.9 cm³/mol. The summed E-state index contributed by atoms with van der Waals surface area (Å²) in [6.07, 6.45) is 6.37. The van der Waals surface area contributed by atoms with Gasteiger partial charge in [-0.15, -0.1) is 0 Å². The van der Waals surface area contributed by atoms with Crippen molar-refractivity contribution in [3.63, 3.8) is 0 Å². The molecule has 0 atom stereocenters. The Morgan fingerprint density at radius 3 is 2.76 bits per heavy atom. The van der Waals surface area contributed by atoms with Crippen LogP contribution in [0.3, 0.4) is 0 Å². The molecule has 0 unspecified atom stereocenters. The minimum absolute atomic E-state index is 0.269. The lowest BCUT2D eigenvalue weighted by Gasteiger charge is -2.20. The molecule has 0 fully saturated rings. The van der Waals surface area contributed by atoms with E-state index < -0.39 is 0 Å². The highest BCUT2D eigenvalue weighted by Crippen LogP contribution is 2.29. The molecule has 0 aliphatic carbocycles. The second-order valence-corrected chi connectivity index (χ2v) is 5.05. The molecule has 0 radical (unpaired) electrons. The van der Waals surface area contributed by atoms with E-state index in [4.69, 9.17) is 11.6 Å². The van der Waals surface area contributed by atoms with Crippen LogP contribution in [0.2, 0.25) is 5.02 Å². The molecule has 3 aromatic rings. The summed E-state index contributed by atoms with van der Waals surface area (Å²) in [5.41, 5.74) is 1.48. The average molecular weight is 303 g/mol. The predicted octanol–water partition coefficient (Wildman–Crippen LogP) is 3.45. The van der Waals surface area contributed by atoms with Crippen molar-refractivity contribution in [3.8, 4) is 0 Å². The lowest BCUT2D eigenvalue weighted by atomic mass is 10.1. The number of pyridine rings is 1. The standard InChI is InChI=1S/C15H12ClFN4/c1-21(9-10-8-18-6-7-19-10)13-3-2-11-12(16)4-5-20-15(11)14(13)17/h2-8H,9H2,1H3. The molecule has 1 aromatic carbocycles. The average Bonchev–Trinajstić information content (AvgIpc) is 2.49. The highest BCUT2D eigenvalue weighted by Gasteiger charge is 2.14. The summed E-state index contributed by atoms with van der Waals surface area (Å²) in [5, 5.41) is 1.09. The number of rotatable bonds is 3. The zero-order chi connectivity index (χ0) is 14.8. The van der Waals surface area contributed by atoms with Crippen LogP contribution in [0, 0.1) is 5.82 Å². The summed E-state index contributed by atoms with van der Waals surface area (Å²) in [6, 6.07) is 5.12. The van der Waals surface area contributed by atoms with Gasteiger partial charge in [0.05, 0.1) is 29.1 Å². The van der Waals surface area contributed by atoms with Crippen molar-refractivity contribution in [3.05, 3.63) is 59.5 Å². The summed E-state index contributed by atoms with van der Waals surface area (Å²) in [7, 11) is 1.80. The molecule has 2 heterocycles. The van der Waals surface area contributed by atoms with Gasteiger partial charge in [-0.1, -0.05) is 11.6 Å². The first-order valence-electron chi connectivity index (χ1n) is 6.35. The largest absolute Gasteiger partial charge is 0.366 e. The maximum atomic E-state index is 14.6. The first-order chi connectivity index (χ1) is 10.2. The second kappa shape index (κ2) is 5.61. The monoisotopic (exact) mass is 302 g/mol. The van der Waals surface area contributed by atoms with Crippen molar-refractivity contribution in [1.29, 1.82) is 0 Å². The van der Waals surface area contributed by atoms with Crippen LogP contribution in [-0.2, 0) is 6.54 Å². The maximum Gasteiger partial charge on any atom is 0.172 e. The molecule has 3 rings (SSSR count). The second-order valence-electron chi connectivity index (χ2n) is 4.64. The molecule has 0 saturated carbocycles. The van der Waals surface area contributed by atoms with Gasteiger partial charge in [0.25, 0.3) is 0 Å². The highest BCUT2D eigenvalue weighted by molar-refractivity contribution is 6.35. The van der Waals surface area contributed by atoms with Crippen molar-refractivity contribution in [2.24, 2.45) is 0 Å². The lowest BCUT2D eigenvalue weighted by Crippen LogP contribution is -2.18. The molecule has 0 N–H and O–H groups in total. The Bertz CT molecular complexity index is 779. The van der Waals surface area contributed by atoms with E-state index in [0.717, 1.165) is 5.69 Å². The van der Waals surface area contributed by atoms with Gasteiger partial charge in [-0.2, -0.15) is 0 Å². The smallest absolute Gasteiger partial charge is 0.172 e. The molecule has 0 amide bonds. The zero-order valence-electron chi connectivity index (χ0n) is 11.3. The minimum Gasteiger partial charge on any atom is -0.366 e. The Morgan fingerprint density at radius 1 is 1.14 bits per heavy atom. The van der Waals surface area contributed by atoms with Crippen molar-refractivity contribution < 1.29 is 4.39 Å². The number of hydrogen-bond acceptors (Lipinski definition) is 4. The van der Waals surface area contributed by atoms with Crippen LogP contribution < -0.4 is 4.90 Å². The number of nitrogens with zero attached hydrogens (tertiary/aromatic N) is 4. The van der Waals surface area contributed by atoms with Gasteiger partial charge in [-0.25, -0.2) is 4.39 Å². The van der Waals surface area contributed by atoms with Crippen molar-refractivity contribution in [2.75, 3.05) is 11.9 Å². The number of fused-ring (bicyclic) bond motifs is 1. The third-order valence-corrected chi connectivity index (χ3v) is 3.53. The first kappa shape index (κ1) is 13.7. The van der Waals surface area contributed by atoms with E-state index in [9.17, 15) is 4.39 Å². The number of aromatic nitrogens is 3. The quantitative estimate of drug-likeness (QED) is 0.743. The molecule has 0 spiro atoms. The van der Waals surface area contributed by atoms with Gasteiger partial charge < -0.3 is 4.90 Å². The number of anilines is 1. The molecule has 106 valence electrons. The van der Waals surface area contributed by atoms with E-state index >= 15 is 0 Å². The van der Waals surface area contributed by atoms with Crippen LogP contribution in [-0.4, -0.2) is 22.0 Å². The fourth-order valence-electron chi connectivity index (χ4n) is 2.17. The van der Waals surface area contributed by atoms with Crippen LogP contribution in [0.15, 0.2) is 43.0 Å². The third kappa shape index (κ3) is 2.64. The van der Waals surface area contributed by atoms with Crippen LogP contribution in [0.25, 0.3) is 10.9 Å². The normalized spacial score (nSPS) is 10.8. The van der Waals surface area contributed by atoms with Crippen molar-refractivity contribution in [2.45, 2.75) is 6.54 Å². The van der Waals surface area contributed by atoms with Crippen LogP contribution in [0.1, 0.15) is 5.69 Å². The number of hydrogen-bond donors (Lipinski definition) is 0. The summed E-state index contributed by atoms with van der Waals surface area (Å²) >= 11 is 6.05. The van der Waals surface area contributed by atoms with Gasteiger partial charge in [-0.05, 0) is 18.2 Å². The summed E-state index contributed by atoms with van der Waals surface area (Å²) in [6.45, 7) is 0.455. The minimum atomic E-state index is -0.388. The lowest BCUT2D eigenvalue weighted by molar-refractivity contribution is 0.630. The Labute approximate surface area is 126 Å². The summed E-state index contributed by atoms with van der Waals surface area (Å²) in [4.78, 5) is 14.0. The Morgan fingerprint density at radius 2 is 2.00 bits per heavy atom. The SMILES string of the molecule is CN(Cc1cnccn1)c1ccc2c(Cl)ccnc2c1F. The molecule has 0 bridgehead atoms. The van der Waals surface area contributed by atoms with Gasteiger partial charge in [0.1, 0.15) is 5.52 Å². The topological polar surface area (TPSA) is 41.9 Å². The van der Waals surface area contributed by atoms with Crippen LogP contribution in [0.4, 0.5) is 10.1 Å².